The van der Waals surface area contributed by atoms with Gasteiger partial charge in [0.2, 0.25) is 5.91 Å². The summed E-state index contributed by atoms with van der Waals surface area (Å²) in [5.74, 6) is 1.02. The molecule has 0 radical (unpaired) electrons. The van der Waals surface area contributed by atoms with Gasteiger partial charge in [0.25, 0.3) is 0 Å². The van der Waals surface area contributed by atoms with Crippen molar-refractivity contribution in [2.24, 2.45) is 0 Å². The Morgan fingerprint density at radius 2 is 1.85 bits per heavy atom. The van der Waals surface area contributed by atoms with E-state index in [1.807, 2.05) is 4.90 Å². The quantitative estimate of drug-likeness (QED) is 0.778. The van der Waals surface area contributed by atoms with Gasteiger partial charge < -0.3 is 4.90 Å². The molecule has 0 aromatic carbocycles. The fourth-order valence-electron chi connectivity index (χ4n) is 3.20. The van der Waals surface area contributed by atoms with E-state index in [-0.39, 0.29) is 29.5 Å². The zero-order valence-electron chi connectivity index (χ0n) is 12.4. The summed E-state index contributed by atoms with van der Waals surface area (Å²) in [7, 11) is -2.94. The molecule has 0 aromatic heterocycles. The van der Waals surface area contributed by atoms with Crippen molar-refractivity contribution in [1.29, 1.82) is 0 Å². The van der Waals surface area contributed by atoms with Gasteiger partial charge in [0, 0.05) is 12.1 Å². The Kier molecular flexibility index (Phi) is 5.40. The number of thioether (sulfide) groups is 1. The lowest BCUT2D eigenvalue weighted by Gasteiger charge is -2.34. The van der Waals surface area contributed by atoms with Crippen LogP contribution in [0.1, 0.15) is 46.0 Å². The van der Waals surface area contributed by atoms with Crippen molar-refractivity contribution in [3.8, 4) is 0 Å². The summed E-state index contributed by atoms with van der Waals surface area (Å²) in [4.78, 5) is 14.5. The van der Waals surface area contributed by atoms with Gasteiger partial charge in [-0.15, -0.1) is 11.8 Å². The van der Waals surface area contributed by atoms with E-state index in [0.29, 0.717) is 17.4 Å². The zero-order chi connectivity index (χ0) is 14.8. The van der Waals surface area contributed by atoms with Crippen molar-refractivity contribution < 1.29 is 13.2 Å². The van der Waals surface area contributed by atoms with Gasteiger partial charge in [-0.1, -0.05) is 26.7 Å². The summed E-state index contributed by atoms with van der Waals surface area (Å²) in [6.07, 6.45) is 5.01. The Hall–Kier alpha value is -0.230. The van der Waals surface area contributed by atoms with E-state index in [9.17, 15) is 13.2 Å². The molecule has 1 amide bonds. The van der Waals surface area contributed by atoms with Gasteiger partial charge in [0.05, 0.1) is 17.3 Å². The number of carbonyl (C=O) groups excluding carboxylic acids is 1. The van der Waals surface area contributed by atoms with Crippen LogP contribution in [0.5, 0.6) is 0 Å². The van der Waals surface area contributed by atoms with Crippen molar-refractivity contribution in [2.45, 2.75) is 63.3 Å². The van der Waals surface area contributed by atoms with Crippen molar-refractivity contribution in [3.63, 3.8) is 0 Å². The molecule has 0 unspecified atom stereocenters. The maximum Gasteiger partial charge on any atom is 0.233 e. The molecule has 2 aliphatic rings. The predicted molar refractivity (Wildman–Crippen MR) is 83.8 cm³/mol. The van der Waals surface area contributed by atoms with Gasteiger partial charge in [-0.05, 0) is 24.5 Å². The number of amides is 1. The topological polar surface area (TPSA) is 54.5 Å². The highest BCUT2D eigenvalue weighted by Gasteiger charge is 2.38. The Balaban J connectivity index is 2.06. The molecule has 116 valence electrons. The van der Waals surface area contributed by atoms with Crippen LogP contribution in [-0.2, 0) is 14.6 Å². The first kappa shape index (κ1) is 16.1. The molecular formula is C14H25NO3S2. The third kappa shape index (κ3) is 4.13. The van der Waals surface area contributed by atoms with Gasteiger partial charge >= 0.3 is 0 Å². The maximum atomic E-state index is 12.5. The zero-order valence-corrected chi connectivity index (χ0v) is 14.0. The minimum atomic E-state index is -2.94. The van der Waals surface area contributed by atoms with Crippen molar-refractivity contribution in [2.75, 3.05) is 17.3 Å². The number of rotatable bonds is 5. The highest BCUT2D eigenvalue weighted by Crippen LogP contribution is 2.30. The third-order valence-corrected chi connectivity index (χ3v) is 6.98. The lowest BCUT2D eigenvalue weighted by Crippen LogP contribution is -2.47. The smallest absolute Gasteiger partial charge is 0.233 e. The molecule has 1 saturated carbocycles. The van der Waals surface area contributed by atoms with Crippen LogP contribution in [0.2, 0.25) is 0 Å². The number of nitrogens with zero attached hydrogens (tertiary/aromatic N) is 1. The number of sulfone groups is 1. The Labute approximate surface area is 126 Å². The largest absolute Gasteiger partial charge is 0.335 e. The summed E-state index contributed by atoms with van der Waals surface area (Å²) in [5.41, 5.74) is 0. The molecule has 4 nitrogen and oxygen atoms in total. The first-order chi connectivity index (χ1) is 9.39. The van der Waals surface area contributed by atoms with Crippen molar-refractivity contribution in [3.05, 3.63) is 0 Å². The molecule has 0 bridgehead atoms. The number of hydrogen-bond acceptors (Lipinski definition) is 4. The molecule has 1 heterocycles. The summed E-state index contributed by atoms with van der Waals surface area (Å²) in [6, 6.07) is 0.192. The monoisotopic (exact) mass is 319 g/mol. The molecule has 20 heavy (non-hydrogen) atoms. The fourth-order valence-corrected chi connectivity index (χ4v) is 5.53. The Morgan fingerprint density at radius 1 is 1.20 bits per heavy atom. The van der Waals surface area contributed by atoms with Crippen LogP contribution >= 0.6 is 11.8 Å². The minimum absolute atomic E-state index is 0.0802. The van der Waals surface area contributed by atoms with E-state index in [2.05, 4.69) is 13.8 Å². The average Bonchev–Trinajstić information content (AvgIpc) is 2.97. The lowest BCUT2D eigenvalue weighted by molar-refractivity contribution is -0.132. The van der Waals surface area contributed by atoms with Crippen LogP contribution in [0.3, 0.4) is 0 Å². The molecule has 2 rings (SSSR count). The minimum Gasteiger partial charge on any atom is -0.335 e. The van der Waals surface area contributed by atoms with Crippen LogP contribution in [0, 0.1) is 0 Å². The van der Waals surface area contributed by atoms with E-state index in [1.54, 1.807) is 11.8 Å². The summed E-state index contributed by atoms with van der Waals surface area (Å²) in [5, 5.41) is 0.427. The molecule has 1 aliphatic carbocycles. The third-order valence-electron chi connectivity index (χ3n) is 4.15. The summed E-state index contributed by atoms with van der Waals surface area (Å²) < 4.78 is 23.4. The highest BCUT2D eigenvalue weighted by molar-refractivity contribution is 8.00. The maximum absolute atomic E-state index is 12.5. The molecule has 0 aromatic rings. The van der Waals surface area contributed by atoms with E-state index in [1.165, 1.54) is 0 Å². The SMILES string of the molecule is CC(C)SCC(=O)N(C1CCCC1)[C@H]1CCS(=O)(=O)C1. The summed E-state index contributed by atoms with van der Waals surface area (Å²) in [6.45, 7) is 4.16. The number of carbonyl (C=O) groups is 1. The number of hydrogen-bond donors (Lipinski definition) is 0. The molecule has 2 fully saturated rings. The first-order valence-electron chi connectivity index (χ1n) is 7.52. The van der Waals surface area contributed by atoms with Gasteiger partial charge in [0.1, 0.15) is 0 Å². The molecule has 1 aliphatic heterocycles. The van der Waals surface area contributed by atoms with E-state index in [0.717, 1.165) is 25.7 Å². The highest BCUT2D eigenvalue weighted by atomic mass is 32.2. The molecule has 1 saturated heterocycles. The van der Waals surface area contributed by atoms with Crippen LogP contribution in [0.25, 0.3) is 0 Å². The molecule has 1 atom stereocenters. The average molecular weight is 319 g/mol. The van der Waals surface area contributed by atoms with Crippen LogP contribution in [0.15, 0.2) is 0 Å². The lowest BCUT2D eigenvalue weighted by atomic mass is 10.1. The van der Waals surface area contributed by atoms with Gasteiger partial charge in [-0.2, -0.15) is 0 Å². The van der Waals surface area contributed by atoms with E-state index in [4.69, 9.17) is 0 Å². The van der Waals surface area contributed by atoms with Gasteiger partial charge in [-0.25, -0.2) is 8.42 Å². The molecule has 0 N–H and O–H groups in total. The molecule has 0 spiro atoms. The van der Waals surface area contributed by atoms with Crippen LogP contribution in [-0.4, -0.2) is 53.8 Å². The van der Waals surface area contributed by atoms with Gasteiger partial charge in [-0.3, -0.25) is 4.79 Å². The van der Waals surface area contributed by atoms with Crippen LogP contribution < -0.4 is 0 Å². The standard InChI is InChI=1S/C14H25NO3S2/c1-11(2)19-9-14(16)15(12-5-3-4-6-12)13-7-8-20(17,18)10-13/h11-13H,3-10H2,1-2H3/t13-/m0/s1. The fraction of sp³-hybridized carbons (Fsp3) is 0.929. The second-order valence-corrected chi connectivity index (χ2v) is 9.95. The van der Waals surface area contributed by atoms with E-state index < -0.39 is 9.84 Å². The molecule has 6 heteroatoms. The van der Waals surface area contributed by atoms with Gasteiger partial charge in [0.15, 0.2) is 9.84 Å². The van der Waals surface area contributed by atoms with Crippen molar-refractivity contribution in [1.82, 2.24) is 4.90 Å². The second-order valence-electron chi connectivity index (χ2n) is 6.16. The normalized spacial score (nSPS) is 26.2. The first-order valence-corrected chi connectivity index (χ1v) is 10.4. The molecular weight excluding hydrogens is 294 g/mol. The summed E-state index contributed by atoms with van der Waals surface area (Å²) >= 11 is 1.64. The van der Waals surface area contributed by atoms with Crippen LogP contribution in [0.4, 0.5) is 0 Å². The predicted octanol–water partition coefficient (Wildman–Crippen LogP) is 2.09. The second kappa shape index (κ2) is 6.69. The van der Waals surface area contributed by atoms with E-state index >= 15 is 0 Å². The van der Waals surface area contributed by atoms with Crippen molar-refractivity contribution >= 4 is 27.5 Å². The Morgan fingerprint density at radius 3 is 2.35 bits per heavy atom. The Bertz CT molecular complexity index is 441.